The van der Waals surface area contributed by atoms with Crippen LogP contribution in [0.3, 0.4) is 0 Å². The van der Waals surface area contributed by atoms with Crippen LogP contribution >= 0.6 is 0 Å². The second-order valence-corrected chi connectivity index (χ2v) is 5.00. The first-order chi connectivity index (χ1) is 10.7. The number of methoxy groups -OCH3 is 1. The molecule has 0 aliphatic carbocycles. The second kappa shape index (κ2) is 6.43. The highest BCUT2D eigenvalue weighted by molar-refractivity contribution is 5.97. The van der Waals surface area contributed by atoms with Crippen molar-refractivity contribution in [2.75, 3.05) is 19.0 Å². The zero-order valence-electron chi connectivity index (χ0n) is 12.1. The van der Waals surface area contributed by atoms with Crippen LogP contribution in [0.5, 0.6) is 0 Å². The molecule has 1 fully saturated rings. The molecule has 1 heterocycles. The Morgan fingerprint density at radius 3 is 2.65 bits per heavy atom. The summed E-state index contributed by atoms with van der Waals surface area (Å²) in [5, 5.41) is 2.11. The molecule has 5 nitrogen and oxygen atoms in total. The number of anilines is 1. The molecule has 1 aliphatic rings. The molecule has 9 heteroatoms. The summed E-state index contributed by atoms with van der Waals surface area (Å²) in [7, 11) is 1.15. The molecule has 0 spiro atoms. The van der Waals surface area contributed by atoms with Gasteiger partial charge in [-0.3, -0.25) is 9.69 Å². The molecule has 0 aromatic heterocycles. The van der Waals surface area contributed by atoms with Crippen LogP contribution in [0.25, 0.3) is 0 Å². The number of carbonyl (C=O) groups is 2. The van der Waals surface area contributed by atoms with Crippen LogP contribution in [-0.2, 0) is 15.7 Å². The topological polar surface area (TPSA) is 58.6 Å². The van der Waals surface area contributed by atoms with Crippen LogP contribution in [0.1, 0.15) is 18.4 Å². The van der Waals surface area contributed by atoms with Gasteiger partial charge in [0.2, 0.25) is 5.91 Å². The molecular formula is C14H14F4N2O3. The minimum atomic E-state index is -4.65. The molecule has 1 N–H and O–H groups in total. The zero-order chi connectivity index (χ0) is 17.2. The number of likely N-dealkylation sites (tertiary alicyclic amines) is 1. The maximum Gasteiger partial charge on any atom is 0.416 e. The number of nitrogens with one attached hydrogen (secondary N) is 1. The normalized spacial score (nSPS) is 18.0. The molecule has 1 saturated heterocycles. The number of benzene rings is 1. The first kappa shape index (κ1) is 17.0. The first-order valence-corrected chi connectivity index (χ1v) is 6.76. The number of amides is 2. The maximum absolute atomic E-state index is 13.6. The predicted molar refractivity (Wildman–Crippen MR) is 72.2 cm³/mol. The van der Waals surface area contributed by atoms with Gasteiger partial charge in [-0.1, -0.05) is 0 Å². The van der Waals surface area contributed by atoms with Crippen LogP contribution in [0.2, 0.25) is 0 Å². The minimum Gasteiger partial charge on any atom is -0.453 e. The Morgan fingerprint density at radius 1 is 1.35 bits per heavy atom. The summed E-state index contributed by atoms with van der Waals surface area (Å²) < 4.78 is 56.1. The van der Waals surface area contributed by atoms with E-state index in [1.807, 2.05) is 0 Å². The lowest BCUT2D eigenvalue weighted by Gasteiger charge is -2.22. The summed E-state index contributed by atoms with van der Waals surface area (Å²) in [5.41, 5.74) is -1.66. The highest BCUT2D eigenvalue weighted by atomic mass is 19.4. The average Bonchev–Trinajstić information content (AvgIpc) is 2.97. The molecule has 23 heavy (non-hydrogen) atoms. The standard InChI is InChI=1S/C14H14F4N2O3/c1-23-13(22)20-6-2-3-11(20)12(21)19-10-7-8(14(16,17)18)4-5-9(10)15/h4-5,7,11H,2-3,6H2,1H3,(H,19,21). The predicted octanol–water partition coefficient (Wildman–Crippen LogP) is 3.01. The minimum absolute atomic E-state index is 0.288. The number of hydrogen-bond acceptors (Lipinski definition) is 3. The number of halogens is 4. The van der Waals surface area contributed by atoms with Gasteiger partial charge in [-0.15, -0.1) is 0 Å². The Labute approximate surface area is 129 Å². The van der Waals surface area contributed by atoms with Crippen molar-refractivity contribution in [2.45, 2.75) is 25.1 Å². The molecule has 2 rings (SSSR count). The summed E-state index contributed by atoms with van der Waals surface area (Å²) in [6.45, 7) is 0.288. The second-order valence-electron chi connectivity index (χ2n) is 5.00. The van der Waals surface area contributed by atoms with E-state index in [9.17, 15) is 27.2 Å². The third-order valence-electron chi connectivity index (χ3n) is 3.52. The van der Waals surface area contributed by atoms with E-state index in [-0.39, 0.29) is 6.54 Å². The highest BCUT2D eigenvalue weighted by Gasteiger charge is 2.36. The highest BCUT2D eigenvalue weighted by Crippen LogP contribution is 2.32. The van der Waals surface area contributed by atoms with E-state index in [0.717, 1.165) is 12.0 Å². The van der Waals surface area contributed by atoms with E-state index >= 15 is 0 Å². The molecule has 2 amide bonds. The summed E-state index contributed by atoms with van der Waals surface area (Å²) >= 11 is 0. The van der Waals surface area contributed by atoms with Crippen LogP contribution in [0, 0.1) is 5.82 Å². The maximum atomic E-state index is 13.6. The van der Waals surface area contributed by atoms with E-state index in [2.05, 4.69) is 10.1 Å². The fourth-order valence-corrected chi connectivity index (χ4v) is 2.39. The van der Waals surface area contributed by atoms with Crippen molar-refractivity contribution in [2.24, 2.45) is 0 Å². The Bertz CT molecular complexity index is 619. The zero-order valence-corrected chi connectivity index (χ0v) is 12.1. The van der Waals surface area contributed by atoms with Crippen molar-refractivity contribution in [1.82, 2.24) is 4.90 Å². The fourth-order valence-electron chi connectivity index (χ4n) is 2.39. The smallest absolute Gasteiger partial charge is 0.416 e. The average molecular weight is 334 g/mol. The molecule has 0 saturated carbocycles. The lowest BCUT2D eigenvalue weighted by molar-refractivity contribution is -0.137. The van der Waals surface area contributed by atoms with E-state index in [0.29, 0.717) is 31.0 Å². The summed E-state index contributed by atoms with van der Waals surface area (Å²) in [5.74, 6) is -1.75. The summed E-state index contributed by atoms with van der Waals surface area (Å²) in [4.78, 5) is 24.8. The summed E-state index contributed by atoms with van der Waals surface area (Å²) in [6, 6.07) is 0.827. The quantitative estimate of drug-likeness (QED) is 0.846. The van der Waals surface area contributed by atoms with Gasteiger partial charge in [-0.2, -0.15) is 13.2 Å². The van der Waals surface area contributed by atoms with Gasteiger partial charge in [0.1, 0.15) is 11.9 Å². The monoisotopic (exact) mass is 334 g/mol. The number of nitrogens with zero attached hydrogens (tertiary/aromatic N) is 1. The third-order valence-corrected chi connectivity index (χ3v) is 3.52. The van der Waals surface area contributed by atoms with Gasteiger partial charge in [0.25, 0.3) is 0 Å². The van der Waals surface area contributed by atoms with E-state index < -0.39 is 41.3 Å². The molecule has 1 aromatic rings. The largest absolute Gasteiger partial charge is 0.453 e. The molecule has 1 atom stereocenters. The van der Waals surface area contributed by atoms with Crippen molar-refractivity contribution in [3.05, 3.63) is 29.6 Å². The molecule has 126 valence electrons. The van der Waals surface area contributed by atoms with E-state index in [4.69, 9.17) is 0 Å². The fraction of sp³-hybridized carbons (Fsp3) is 0.429. The Balaban J connectivity index is 2.18. The number of hydrogen-bond donors (Lipinski definition) is 1. The van der Waals surface area contributed by atoms with Gasteiger partial charge >= 0.3 is 12.3 Å². The Hall–Kier alpha value is -2.32. The molecule has 1 aliphatic heterocycles. The van der Waals surface area contributed by atoms with Gasteiger partial charge < -0.3 is 10.1 Å². The molecule has 1 aromatic carbocycles. The van der Waals surface area contributed by atoms with Gasteiger partial charge in [0, 0.05) is 6.54 Å². The number of ether oxygens (including phenoxy) is 1. The molecule has 0 bridgehead atoms. The van der Waals surface area contributed by atoms with Gasteiger partial charge in [0.05, 0.1) is 18.4 Å². The van der Waals surface area contributed by atoms with Crippen LogP contribution in [-0.4, -0.2) is 36.6 Å². The van der Waals surface area contributed by atoms with Crippen molar-refractivity contribution in [3.63, 3.8) is 0 Å². The SMILES string of the molecule is COC(=O)N1CCCC1C(=O)Nc1cc(C(F)(F)F)ccc1F. The third kappa shape index (κ3) is 3.72. The first-order valence-electron chi connectivity index (χ1n) is 6.76. The van der Waals surface area contributed by atoms with Crippen molar-refractivity contribution < 1.29 is 31.9 Å². The lowest BCUT2D eigenvalue weighted by Crippen LogP contribution is -2.43. The van der Waals surface area contributed by atoms with E-state index in [1.165, 1.54) is 0 Å². The molecule has 1 unspecified atom stereocenters. The van der Waals surface area contributed by atoms with Gasteiger partial charge in [0.15, 0.2) is 0 Å². The van der Waals surface area contributed by atoms with Crippen LogP contribution in [0.15, 0.2) is 18.2 Å². The van der Waals surface area contributed by atoms with Crippen molar-refractivity contribution in [1.29, 1.82) is 0 Å². The summed E-state index contributed by atoms with van der Waals surface area (Å²) in [6.07, 6.45) is -4.51. The Kier molecular flexibility index (Phi) is 4.76. The van der Waals surface area contributed by atoms with Crippen molar-refractivity contribution in [3.8, 4) is 0 Å². The van der Waals surface area contributed by atoms with E-state index in [1.54, 1.807) is 0 Å². The number of rotatable bonds is 2. The van der Waals surface area contributed by atoms with Crippen molar-refractivity contribution >= 4 is 17.7 Å². The van der Waals surface area contributed by atoms with Gasteiger partial charge in [-0.25, -0.2) is 9.18 Å². The molecular weight excluding hydrogens is 320 g/mol. The molecule has 0 radical (unpaired) electrons. The van der Waals surface area contributed by atoms with Crippen LogP contribution < -0.4 is 5.32 Å². The van der Waals surface area contributed by atoms with Gasteiger partial charge in [-0.05, 0) is 31.0 Å². The number of alkyl halides is 3. The van der Waals surface area contributed by atoms with Crippen LogP contribution in [0.4, 0.5) is 28.0 Å². The number of carbonyl (C=O) groups excluding carboxylic acids is 2. The lowest BCUT2D eigenvalue weighted by atomic mass is 10.1. The Morgan fingerprint density at radius 2 is 2.04 bits per heavy atom.